The zero-order chi connectivity index (χ0) is 15.3. The van der Waals surface area contributed by atoms with E-state index >= 15 is 0 Å². The Kier molecular flexibility index (Phi) is 3.55. The molecule has 1 unspecified atom stereocenters. The number of hydrogen-bond acceptors (Lipinski definition) is 5. The van der Waals surface area contributed by atoms with Crippen LogP contribution in [0.15, 0.2) is 11.6 Å². The van der Waals surface area contributed by atoms with Crippen LogP contribution in [-0.2, 0) is 9.53 Å². The van der Waals surface area contributed by atoms with Crippen LogP contribution >= 0.6 is 0 Å². The highest BCUT2D eigenvalue weighted by atomic mass is 16.6. The summed E-state index contributed by atoms with van der Waals surface area (Å²) < 4.78 is 5.77. The van der Waals surface area contributed by atoms with Crippen LogP contribution in [0.2, 0.25) is 0 Å². The van der Waals surface area contributed by atoms with E-state index in [4.69, 9.17) is 4.74 Å². The van der Waals surface area contributed by atoms with Crippen molar-refractivity contribution in [1.29, 1.82) is 0 Å². The predicted molar refractivity (Wildman–Crippen MR) is 82.4 cm³/mol. The van der Waals surface area contributed by atoms with E-state index in [1.165, 1.54) is 12.8 Å². The van der Waals surface area contributed by atoms with Crippen LogP contribution in [-0.4, -0.2) is 58.9 Å². The fourth-order valence-electron chi connectivity index (χ4n) is 4.75. The summed E-state index contributed by atoms with van der Waals surface area (Å²) in [6, 6.07) is 1.09. The van der Waals surface area contributed by atoms with Crippen LogP contribution < -0.4 is 5.32 Å². The van der Waals surface area contributed by atoms with Gasteiger partial charge in [-0.15, -0.1) is 0 Å². The minimum atomic E-state index is -0.437. The van der Waals surface area contributed by atoms with Crippen molar-refractivity contribution in [2.24, 2.45) is 0 Å². The van der Waals surface area contributed by atoms with Crippen molar-refractivity contribution in [1.82, 2.24) is 10.2 Å². The van der Waals surface area contributed by atoms with Crippen molar-refractivity contribution in [2.75, 3.05) is 13.1 Å². The van der Waals surface area contributed by atoms with Gasteiger partial charge in [0.05, 0.1) is 12.1 Å². The zero-order valence-electron chi connectivity index (χ0n) is 13.3. The lowest BCUT2D eigenvalue weighted by Crippen LogP contribution is -2.55. The Hall–Kier alpha value is -0.910. The SMILES string of the molecule is C[C@]12OC(=O)C=C1CC(NC1CC(O)C1)CN1CCCC[C@@H]12. The molecule has 3 fully saturated rings. The summed E-state index contributed by atoms with van der Waals surface area (Å²) in [5.74, 6) is -0.178. The zero-order valence-corrected chi connectivity index (χ0v) is 13.3. The van der Waals surface area contributed by atoms with Gasteiger partial charge in [-0.1, -0.05) is 6.42 Å². The molecule has 2 N–H and O–H groups in total. The van der Waals surface area contributed by atoms with E-state index in [1.54, 1.807) is 6.08 Å². The first-order chi connectivity index (χ1) is 10.5. The number of nitrogens with one attached hydrogen (secondary N) is 1. The Morgan fingerprint density at radius 3 is 2.95 bits per heavy atom. The molecule has 0 aromatic carbocycles. The number of nitrogens with zero attached hydrogens (tertiary/aromatic N) is 1. The van der Waals surface area contributed by atoms with Gasteiger partial charge >= 0.3 is 5.97 Å². The summed E-state index contributed by atoms with van der Waals surface area (Å²) in [6.07, 6.45) is 7.73. The Morgan fingerprint density at radius 1 is 1.36 bits per heavy atom. The molecule has 3 aliphatic heterocycles. The van der Waals surface area contributed by atoms with Gasteiger partial charge in [0, 0.05) is 24.7 Å². The third-order valence-electron chi connectivity index (χ3n) is 6.00. The number of fused-ring (bicyclic) bond motifs is 3. The lowest BCUT2D eigenvalue weighted by molar-refractivity contribution is -0.150. The monoisotopic (exact) mass is 306 g/mol. The van der Waals surface area contributed by atoms with Gasteiger partial charge in [-0.3, -0.25) is 4.90 Å². The van der Waals surface area contributed by atoms with E-state index in [-0.39, 0.29) is 12.1 Å². The number of piperidine rings is 1. The molecule has 4 aliphatic rings. The summed E-state index contributed by atoms with van der Waals surface area (Å²) in [7, 11) is 0. The number of ether oxygens (including phenoxy) is 1. The standard InChI is InChI=1S/C17H26N2O3/c1-17-11(7-16(21)22-17)6-13(18-12-8-14(20)9-12)10-19-5-3-2-4-15(17)19/h7,12-15,18,20H,2-6,8-10H2,1H3/t12?,13?,14?,15-,17+/m1/s1. The largest absolute Gasteiger partial charge is 0.450 e. The minimum absolute atomic E-state index is 0.133. The average Bonchev–Trinajstić information content (AvgIpc) is 2.67. The molecule has 3 atom stereocenters. The van der Waals surface area contributed by atoms with Crippen LogP contribution in [0.4, 0.5) is 0 Å². The van der Waals surface area contributed by atoms with E-state index < -0.39 is 5.60 Å². The number of carbonyl (C=O) groups excluding carboxylic acids is 1. The van der Waals surface area contributed by atoms with E-state index in [0.29, 0.717) is 18.1 Å². The van der Waals surface area contributed by atoms with Crippen LogP contribution in [0.3, 0.4) is 0 Å². The topological polar surface area (TPSA) is 61.8 Å². The summed E-state index contributed by atoms with van der Waals surface area (Å²) in [5.41, 5.74) is 0.719. The van der Waals surface area contributed by atoms with Crippen LogP contribution in [0.5, 0.6) is 0 Å². The highest BCUT2D eigenvalue weighted by Gasteiger charge is 2.51. The number of rotatable bonds is 2. The second-order valence-electron chi connectivity index (χ2n) is 7.59. The first-order valence-corrected chi connectivity index (χ1v) is 8.67. The Labute approximate surface area is 131 Å². The molecule has 0 bridgehead atoms. The molecule has 5 heteroatoms. The smallest absolute Gasteiger partial charge is 0.331 e. The summed E-state index contributed by atoms with van der Waals surface area (Å²) in [5, 5.41) is 13.2. The average molecular weight is 306 g/mol. The van der Waals surface area contributed by atoms with Crippen molar-refractivity contribution in [3.63, 3.8) is 0 Å². The van der Waals surface area contributed by atoms with Gasteiger partial charge in [0.15, 0.2) is 0 Å². The maximum atomic E-state index is 11.9. The molecule has 22 heavy (non-hydrogen) atoms. The molecule has 5 nitrogen and oxygen atoms in total. The van der Waals surface area contributed by atoms with Crippen molar-refractivity contribution >= 4 is 5.97 Å². The number of hydrogen-bond donors (Lipinski definition) is 2. The maximum absolute atomic E-state index is 11.9. The van der Waals surface area contributed by atoms with Crippen LogP contribution in [0.1, 0.15) is 45.4 Å². The van der Waals surface area contributed by atoms with Gasteiger partial charge in [-0.2, -0.15) is 0 Å². The molecule has 0 aromatic rings. The molecule has 3 heterocycles. The first kappa shape index (κ1) is 14.7. The van der Waals surface area contributed by atoms with E-state index in [1.807, 2.05) is 0 Å². The Bertz CT molecular complexity index is 500. The summed E-state index contributed by atoms with van der Waals surface area (Å²) in [6.45, 7) is 4.21. The van der Waals surface area contributed by atoms with Crippen molar-refractivity contribution in [3.8, 4) is 0 Å². The lowest BCUT2D eigenvalue weighted by Gasteiger charge is -2.43. The van der Waals surface area contributed by atoms with Gasteiger partial charge in [-0.05, 0) is 51.1 Å². The summed E-state index contributed by atoms with van der Waals surface area (Å²) in [4.78, 5) is 14.4. The molecule has 2 saturated heterocycles. The lowest BCUT2D eigenvalue weighted by atomic mass is 9.82. The maximum Gasteiger partial charge on any atom is 0.331 e. The third kappa shape index (κ3) is 2.39. The van der Waals surface area contributed by atoms with Gasteiger partial charge in [0.1, 0.15) is 5.60 Å². The van der Waals surface area contributed by atoms with Gasteiger partial charge in [-0.25, -0.2) is 4.79 Å². The fraction of sp³-hybridized carbons (Fsp3) is 0.824. The molecular weight excluding hydrogens is 280 g/mol. The molecular formula is C17H26N2O3. The number of aliphatic hydroxyl groups is 1. The summed E-state index contributed by atoms with van der Waals surface area (Å²) >= 11 is 0. The second kappa shape index (κ2) is 5.32. The molecule has 0 spiro atoms. The van der Waals surface area contributed by atoms with E-state index in [9.17, 15) is 9.90 Å². The molecule has 4 rings (SSSR count). The molecule has 0 radical (unpaired) electrons. The molecule has 1 aliphatic carbocycles. The molecule has 1 saturated carbocycles. The second-order valence-corrected chi connectivity index (χ2v) is 7.59. The van der Waals surface area contributed by atoms with Crippen LogP contribution in [0, 0.1) is 0 Å². The van der Waals surface area contributed by atoms with Crippen LogP contribution in [0.25, 0.3) is 0 Å². The van der Waals surface area contributed by atoms with E-state index in [0.717, 1.165) is 44.3 Å². The van der Waals surface area contributed by atoms with Crippen molar-refractivity contribution < 1.29 is 14.6 Å². The number of esters is 1. The predicted octanol–water partition coefficient (Wildman–Crippen LogP) is 0.968. The quantitative estimate of drug-likeness (QED) is 0.744. The Balaban J connectivity index is 1.56. The number of carbonyl (C=O) groups is 1. The number of aliphatic hydroxyl groups excluding tert-OH is 1. The van der Waals surface area contributed by atoms with Gasteiger partial charge in [0.2, 0.25) is 0 Å². The molecule has 0 amide bonds. The molecule has 0 aromatic heterocycles. The Morgan fingerprint density at radius 2 is 2.18 bits per heavy atom. The van der Waals surface area contributed by atoms with Crippen molar-refractivity contribution in [3.05, 3.63) is 11.6 Å². The third-order valence-corrected chi connectivity index (χ3v) is 6.00. The normalized spacial score (nSPS) is 45.2. The minimum Gasteiger partial charge on any atom is -0.450 e. The molecule has 122 valence electrons. The van der Waals surface area contributed by atoms with Crippen molar-refractivity contribution in [2.45, 2.75) is 75.3 Å². The van der Waals surface area contributed by atoms with E-state index in [2.05, 4.69) is 17.1 Å². The fourth-order valence-corrected chi connectivity index (χ4v) is 4.75. The highest BCUT2D eigenvalue weighted by molar-refractivity contribution is 5.87. The van der Waals surface area contributed by atoms with Gasteiger partial charge < -0.3 is 15.2 Å². The van der Waals surface area contributed by atoms with Gasteiger partial charge in [0.25, 0.3) is 0 Å². The first-order valence-electron chi connectivity index (χ1n) is 8.67. The highest BCUT2D eigenvalue weighted by Crippen LogP contribution is 2.42.